The van der Waals surface area contributed by atoms with Crippen LogP contribution in [0.3, 0.4) is 0 Å². The van der Waals surface area contributed by atoms with Gasteiger partial charge < -0.3 is 19.1 Å². The fourth-order valence-corrected chi connectivity index (χ4v) is 3.16. The van der Waals surface area contributed by atoms with Crippen molar-refractivity contribution in [1.29, 1.82) is 0 Å². The molecule has 2 aromatic carbocycles. The molecular formula is C21H24N2O4. The van der Waals surface area contributed by atoms with Gasteiger partial charge in [-0.1, -0.05) is 32.0 Å². The molecule has 3 rings (SSSR count). The van der Waals surface area contributed by atoms with Gasteiger partial charge in [0.1, 0.15) is 11.4 Å². The molecule has 27 heavy (non-hydrogen) atoms. The highest BCUT2D eigenvalue weighted by Crippen LogP contribution is 2.37. The number of benzene rings is 2. The highest BCUT2D eigenvalue weighted by Gasteiger charge is 2.37. The molecular weight excluding hydrogens is 344 g/mol. The van der Waals surface area contributed by atoms with Crippen molar-refractivity contribution in [2.24, 2.45) is 5.92 Å². The molecule has 6 nitrogen and oxygen atoms in total. The summed E-state index contributed by atoms with van der Waals surface area (Å²) in [6.07, 6.45) is 3.26. The summed E-state index contributed by atoms with van der Waals surface area (Å²) in [6.45, 7) is 5.31. The number of nitrogens with zero attached hydrogens (tertiary/aromatic N) is 2. The molecule has 142 valence electrons. The van der Waals surface area contributed by atoms with Crippen molar-refractivity contribution in [3.8, 4) is 5.75 Å². The minimum absolute atomic E-state index is 0.0635. The van der Waals surface area contributed by atoms with E-state index < -0.39 is 5.60 Å². The second kappa shape index (κ2) is 7.40. The van der Waals surface area contributed by atoms with Crippen molar-refractivity contribution >= 4 is 16.7 Å². The van der Waals surface area contributed by atoms with E-state index >= 15 is 0 Å². The molecule has 0 radical (unpaired) electrons. The van der Waals surface area contributed by atoms with E-state index in [-0.39, 0.29) is 18.6 Å². The summed E-state index contributed by atoms with van der Waals surface area (Å²) in [5, 5.41) is 13.6. The van der Waals surface area contributed by atoms with Gasteiger partial charge in [0.05, 0.1) is 19.1 Å². The average Bonchev–Trinajstić information content (AvgIpc) is 3.14. The van der Waals surface area contributed by atoms with E-state index in [2.05, 4.69) is 4.98 Å². The molecule has 0 aliphatic carbocycles. The number of carbonyl (C=O) groups excluding carboxylic acids is 1. The van der Waals surface area contributed by atoms with Crippen molar-refractivity contribution < 1.29 is 19.4 Å². The van der Waals surface area contributed by atoms with Crippen LogP contribution in [0.2, 0.25) is 0 Å². The SMILES string of the molecule is COc1ccc2cc(C(O)(c3cn(COC(C)=O)cn3)C(C)C)ccc2c1. The summed E-state index contributed by atoms with van der Waals surface area (Å²) < 4.78 is 11.9. The molecule has 1 N–H and O–H groups in total. The van der Waals surface area contributed by atoms with Crippen molar-refractivity contribution in [1.82, 2.24) is 9.55 Å². The summed E-state index contributed by atoms with van der Waals surface area (Å²) in [6, 6.07) is 11.7. The number of hydrogen-bond acceptors (Lipinski definition) is 5. The third-order valence-corrected chi connectivity index (χ3v) is 4.76. The Morgan fingerprint density at radius 2 is 1.93 bits per heavy atom. The molecule has 1 aromatic heterocycles. The van der Waals surface area contributed by atoms with Crippen LogP contribution in [-0.2, 0) is 21.9 Å². The van der Waals surface area contributed by atoms with Crippen LogP contribution in [0.1, 0.15) is 32.0 Å². The van der Waals surface area contributed by atoms with Gasteiger partial charge >= 0.3 is 5.97 Å². The van der Waals surface area contributed by atoms with Gasteiger partial charge in [-0.15, -0.1) is 0 Å². The van der Waals surface area contributed by atoms with Crippen LogP contribution in [0.5, 0.6) is 5.75 Å². The summed E-state index contributed by atoms with van der Waals surface area (Å²) in [7, 11) is 1.64. The smallest absolute Gasteiger partial charge is 0.304 e. The molecule has 1 heterocycles. The van der Waals surface area contributed by atoms with Crippen LogP contribution >= 0.6 is 0 Å². The number of ether oxygens (including phenoxy) is 2. The molecule has 0 spiro atoms. The number of rotatable bonds is 6. The quantitative estimate of drug-likeness (QED) is 0.675. The second-order valence-electron chi connectivity index (χ2n) is 6.89. The van der Waals surface area contributed by atoms with Gasteiger partial charge in [-0.05, 0) is 40.5 Å². The predicted molar refractivity (Wildman–Crippen MR) is 102 cm³/mol. The number of esters is 1. The lowest BCUT2D eigenvalue weighted by atomic mass is 9.80. The number of fused-ring (bicyclic) bond motifs is 1. The number of aromatic nitrogens is 2. The summed E-state index contributed by atoms with van der Waals surface area (Å²) in [5.74, 6) is 0.304. The van der Waals surface area contributed by atoms with Crippen molar-refractivity contribution in [2.75, 3.05) is 7.11 Å². The van der Waals surface area contributed by atoms with E-state index in [1.165, 1.54) is 6.92 Å². The minimum atomic E-state index is -1.27. The predicted octanol–water partition coefficient (Wildman–Crippen LogP) is 3.46. The molecule has 0 saturated carbocycles. The fourth-order valence-electron chi connectivity index (χ4n) is 3.16. The van der Waals surface area contributed by atoms with E-state index in [0.29, 0.717) is 5.69 Å². The number of methoxy groups -OCH3 is 1. The van der Waals surface area contributed by atoms with Crippen LogP contribution in [0.25, 0.3) is 10.8 Å². The minimum Gasteiger partial charge on any atom is -0.497 e. The molecule has 0 aliphatic heterocycles. The molecule has 1 atom stereocenters. The first-order valence-electron chi connectivity index (χ1n) is 8.81. The normalized spacial score (nSPS) is 13.6. The first-order chi connectivity index (χ1) is 12.8. The third-order valence-electron chi connectivity index (χ3n) is 4.76. The molecule has 0 aliphatic rings. The van der Waals surface area contributed by atoms with Gasteiger partial charge in [0.25, 0.3) is 0 Å². The van der Waals surface area contributed by atoms with E-state index in [1.807, 2.05) is 50.2 Å². The number of hydrogen-bond donors (Lipinski definition) is 1. The third kappa shape index (κ3) is 3.66. The Morgan fingerprint density at radius 3 is 2.59 bits per heavy atom. The zero-order valence-corrected chi connectivity index (χ0v) is 16.0. The lowest BCUT2D eigenvalue weighted by Gasteiger charge is -2.31. The second-order valence-corrected chi connectivity index (χ2v) is 6.89. The maximum absolute atomic E-state index is 11.6. The van der Waals surface area contributed by atoms with Gasteiger partial charge in [0.2, 0.25) is 0 Å². The van der Waals surface area contributed by atoms with Crippen molar-refractivity contribution in [3.05, 3.63) is 60.2 Å². The number of imidazole rings is 1. The highest BCUT2D eigenvalue weighted by molar-refractivity contribution is 5.84. The summed E-state index contributed by atoms with van der Waals surface area (Å²) in [5.41, 5.74) is 0.000642. The molecule has 0 fully saturated rings. The largest absolute Gasteiger partial charge is 0.497 e. The summed E-state index contributed by atoms with van der Waals surface area (Å²) >= 11 is 0. The van der Waals surface area contributed by atoms with Gasteiger partial charge in [-0.2, -0.15) is 0 Å². The molecule has 0 saturated heterocycles. The molecule has 0 bridgehead atoms. The van der Waals surface area contributed by atoms with Crippen LogP contribution < -0.4 is 4.74 Å². The van der Waals surface area contributed by atoms with E-state index in [0.717, 1.165) is 22.1 Å². The van der Waals surface area contributed by atoms with Gasteiger partial charge in [0, 0.05) is 13.1 Å². The van der Waals surface area contributed by atoms with Crippen molar-refractivity contribution in [3.63, 3.8) is 0 Å². The molecule has 1 unspecified atom stereocenters. The van der Waals surface area contributed by atoms with Crippen LogP contribution in [0.4, 0.5) is 0 Å². The molecule has 6 heteroatoms. The Hall–Kier alpha value is -2.86. The Balaban J connectivity index is 2.01. The molecule has 0 amide bonds. The lowest BCUT2D eigenvalue weighted by molar-refractivity contribution is -0.144. The standard InChI is InChI=1S/C21H24N2O4/c1-14(2)21(25,20-11-23(12-22-20)13-27-15(3)24)18-7-5-17-10-19(26-4)8-6-16(17)9-18/h5-12,14,25H,13H2,1-4H3. The zero-order chi connectivity index (χ0) is 19.6. The summed E-state index contributed by atoms with van der Waals surface area (Å²) in [4.78, 5) is 15.4. The average molecular weight is 368 g/mol. The number of carbonyl (C=O) groups is 1. The maximum Gasteiger partial charge on any atom is 0.304 e. The van der Waals surface area contributed by atoms with E-state index in [1.54, 1.807) is 24.2 Å². The monoisotopic (exact) mass is 368 g/mol. The van der Waals surface area contributed by atoms with Crippen LogP contribution in [-0.4, -0.2) is 27.7 Å². The Bertz CT molecular complexity index is 964. The maximum atomic E-state index is 11.6. The van der Waals surface area contributed by atoms with Gasteiger partial charge in [-0.25, -0.2) is 4.98 Å². The first kappa shape index (κ1) is 18.9. The lowest BCUT2D eigenvalue weighted by Crippen LogP contribution is -2.34. The highest BCUT2D eigenvalue weighted by atomic mass is 16.5. The van der Waals surface area contributed by atoms with Gasteiger partial charge in [0.15, 0.2) is 6.73 Å². The van der Waals surface area contributed by atoms with E-state index in [4.69, 9.17) is 9.47 Å². The zero-order valence-electron chi connectivity index (χ0n) is 16.0. The van der Waals surface area contributed by atoms with Crippen molar-refractivity contribution in [2.45, 2.75) is 33.1 Å². The van der Waals surface area contributed by atoms with Crippen LogP contribution in [0, 0.1) is 5.92 Å². The fraction of sp³-hybridized carbons (Fsp3) is 0.333. The number of aliphatic hydroxyl groups is 1. The van der Waals surface area contributed by atoms with E-state index in [9.17, 15) is 9.90 Å². The first-order valence-corrected chi connectivity index (χ1v) is 8.81. The topological polar surface area (TPSA) is 73.6 Å². The Labute approximate surface area is 158 Å². The Kier molecular flexibility index (Phi) is 5.19. The van der Waals surface area contributed by atoms with Gasteiger partial charge in [-0.3, -0.25) is 4.79 Å². The Morgan fingerprint density at radius 1 is 1.22 bits per heavy atom. The van der Waals surface area contributed by atoms with Crippen LogP contribution in [0.15, 0.2) is 48.9 Å². The molecule has 3 aromatic rings.